The van der Waals surface area contributed by atoms with Gasteiger partial charge in [0.1, 0.15) is 16.7 Å². The summed E-state index contributed by atoms with van der Waals surface area (Å²) in [6.07, 6.45) is 2.29. The van der Waals surface area contributed by atoms with E-state index in [0.29, 0.717) is 23.7 Å². The summed E-state index contributed by atoms with van der Waals surface area (Å²) >= 11 is 2.92. The number of thiophene rings is 1. The molecule has 1 N–H and O–H groups in total. The molecule has 0 radical (unpaired) electrons. The van der Waals surface area contributed by atoms with Crippen molar-refractivity contribution in [1.82, 2.24) is 5.32 Å². The van der Waals surface area contributed by atoms with Crippen molar-refractivity contribution in [2.24, 2.45) is 0 Å². The average molecular weight is 345 g/mol. The van der Waals surface area contributed by atoms with Crippen molar-refractivity contribution in [2.45, 2.75) is 39.3 Å². The van der Waals surface area contributed by atoms with Gasteiger partial charge in [0, 0.05) is 0 Å². The Hall–Kier alpha value is -1.21. The standard InChI is InChI=1S/C15H23NO4S2/c1-5-19-12-7-9-22-13(12)14(17)16-11(6-8-21-4)15(18)20-10(2)3/h7,9-11H,5-6,8H2,1-4H3,(H,16,17). The maximum absolute atomic E-state index is 12.4. The van der Waals surface area contributed by atoms with Gasteiger partial charge in [0.25, 0.3) is 5.91 Å². The van der Waals surface area contributed by atoms with Gasteiger partial charge in [-0.05, 0) is 50.6 Å². The van der Waals surface area contributed by atoms with Crippen molar-refractivity contribution in [3.63, 3.8) is 0 Å². The monoisotopic (exact) mass is 345 g/mol. The average Bonchev–Trinajstić information content (AvgIpc) is 2.91. The van der Waals surface area contributed by atoms with Crippen molar-refractivity contribution in [3.05, 3.63) is 16.3 Å². The van der Waals surface area contributed by atoms with Gasteiger partial charge in [0.05, 0.1) is 12.7 Å². The molecule has 0 spiro atoms. The van der Waals surface area contributed by atoms with Crippen molar-refractivity contribution in [1.29, 1.82) is 0 Å². The summed E-state index contributed by atoms with van der Waals surface area (Å²) in [4.78, 5) is 25.0. The third-order valence-corrected chi connectivity index (χ3v) is 4.23. The molecule has 0 aromatic carbocycles. The molecule has 1 aromatic heterocycles. The minimum atomic E-state index is -0.640. The highest BCUT2D eigenvalue weighted by Gasteiger charge is 2.25. The molecule has 0 aliphatic carbocycles. The van der Waals surface area contributed by atoms with Crippen LogP contribution in [0.2, 0.25) is 0 Å². The second-order valence-corrected chi connectivity index (χ2v) is 6.74. The van der Waals surface area contributed by atoms with Gasteiger partial charge in [0.15, 0.2) is 0 Å². The second-order valence-electron chi connectivity index (χ2n) is 4.84. The molecule has 1 atom stereocenters. The van der Waals surface area contributed by atoms with Crippen LogP contribution in [0.1, 0.15) is 36.9 Å². The summed E-state index contributed by atoms with van der Waals surface area (Å²) < 4.78 is 10.6. The van der Waals surface area contributed by atoms with E-state index in [2.05, 4.69) is 5.32 Å². The normalized spacial score (nSPS) is 12.0. The summed E-state index contributed by atoms with van der Waals surface area (Å²) in [6.45, 7) is 5.93. The van der Waals surface area contributed by atoms with E-state index in [9.17, 15) is 9.59 Å². The molecule has 1 unspecified atom stereocenters. The number of carbonyl (C=O) groups excluding carboxylic acids is 2. The first kappa shape index (κ1) is 18.8. The zero-order valence-corrected chi connectivity index (χ0v) is 15.0. The number of hydrogen-bond donors (Lipinski definition) is 1. The topological polar surface area (TPSA) is 64.6 Å². The molecule has 1 rings (SSSR count). The SMILES string of the molecule is CCOc1ccsc1C(=O)NC(CCSC)C(=O)OC(C)C. The van der Waals surface area contributed by atoms with Gasteiger partial charge in [-0.2, -0.15) is 11.8 Å². The van der Waals surface area contributed by atoms with Crippen LogP contribution in [-0.2, 0) is 9.53 Å². The molecule has 1 aromatic rings. The predicted molar refractivity (Wildman–Crippen MR) is 91.0 cm³/mol. The third-order valence-electron chi connectivity index (χ3n) is 2.69. The van der Waals surface area contributed by atoms with Gasteiger partial charge in [-0.15, -0.1) is 11.3 Å². The summed E-state index contributed by atoms with van der Waals surface area (Å²) in [6, 6.07) is 1.12. The van der Waals surface area contributed by atoms with Crippen LogP contribution in [0.5, 0.6) is 5.75 Å². The molecule has 1 amide bonds. The Morgan fingerprint density at radius 1 is 1.41 bits per heavy atom. The molecule has 0 saturated heterocycles. The van der Waals surface area contributed by atoms with Gasteiger partial charge in [-0.1, -0.05) is 0 Å². The van der Waals surface area contributed by atoms with Crippen LogP contribution in [0.3, 0.4) is 0 Å². The Morgan fingerprint density at radius 2 is 2.14 bits per heavy atom. The predicted octanol–water partition coefficient (Wildman–Crippen LogP) is 2.95. The van der Waals surface area contributed by atoms with Crippen molar-refractivity contribution >= 4 is 35.0 Å². The lowest BCUT2D eigenvalue weighted by atomic mass is 10.2. The maximum atomic E-state index is 12.4. The highest BCUT2D eigenvalue weighted by atomic mass is 32.2. The number of carbonyl (C=O) groups is 2. The number of ether oxygens (including phenoxy) is 2. The molecule has 1 heterocycles. The van der Waals surface area contributed by atoms with E-state index in [1.54, 1.807) is 37.1 Å². The maximum Gasteiger partial charge on any atom is 0.328 e. The number of thioether (sulfide) groups is 1. The van der Waals surface area contributed by atoms with Crippen molar-refractivity contribution in [2.75, 3.05) is 18.6 Å². The highest BCUT2D eigenvalue weighted by Crippen LogP contribution is 2.25. The van der Waals surface area contributed by atoms with Crippen molar-refractivity contribution in [3.8, 4) is 5.75 Å². The summed E-state index contributed by atoms with van der Waals surface area (Å²) in [5, 5.41) is 4.56. The van der Waals surface area contributed by atoms with E-state index in [-0.39, 0.29) is 12.0 Å². The minimum absolute atomic E-state index is 0.207. The smallest absolute Gasteiger partial charge is 0.328 e. The van der Waals surface area contributed by atoms with Crippen LogP contribution in [0.25, 0.3) is 0 Å². The summed E-state index contributed by atoms with van der Waals surface area (Å²) in [7, 11) is 0. The van der Waals surface area contributed by atoms with E-state index < -0.39 is 12.0 Å². The summed E-state index contributed by atoms with van der Waals surface area (Å²) in [5.41, 5.74) is 0. The quantitative estimate of drug-likeness (QED) is 0.697. The molecule has 22 heavy (non-hydrogen) atoms. The van der Waals surface area contributed by atoms with E-state index in [1.807, 2.05) is 13.2 Å². The van der Waals surface area contributed by atoms with Crippen LogP contribution in [0.15, 0.2) is 11.4 Å². The fourth-order valence-electron chi connectivity index (χ4n) is 1.76. The van der Waals surface area contributed by atoms with Gasteiger partial charge < -0.3 is 14.8 Å². The molecule has 0 fully saturated rings. The van der Waals surface area contributed by atoms with E-state index >= 15 is 0 Å². The molecular weight excluding hydrogens is 322 g/mol. The van der Waals surface area contributed by atoms with Crippen LogP contribution in [0, 0.1) is 0 Å². The Labute approximate surface area is 139 Å². The molecular formula is C15H23NO4S2. The molecule has 5 nitrogen and oxygen atoms in total. The Kier molecular flexibility index (Phi) is 8.34. The fraction of sp³-hybridized carbons (Fsp3) is 0.600. The lowest BCUT2D eigenvalue weighted by Gasteiger charge is -2.18. The minimum Gasteiger partial charge on any atom is -0.492 e. The Bertz CT molecular complexity index is 488. The Morgan fingerprint density at radius 3 is 2.73 bits per heavy atom. The van der Waals surface area contributed by atoms with E-state index in [0.717, 1.165) is 5.75 Å². The number of esters is 1. The van der Waals surface area contributed by atoms with Crippen LogP contribution in [0.4, 0.5) is 0 Å². The van der Waals surface area contributed by atoms with Crippen LogP contribution >= 0.6 is 23.1 Å². The first-order chi connectivity index (χ1) is 10.5. The molecule has 0 saturated carbocycles. The zero-order chi connectivity index (χ0) is 16.5. The highest BCUT2D eigenvalue weighted by molar-refractivity contribution is 7.98. The largest absolute Gasteiger partial charge is 0.492 e. The number of hydrogen-bond acceptors (Lipinski definition) is 6. The van der Waals surface area contributed by atoms with E-state index in [1.165, 1.54) is 11.3 Å². The molecule has 124 valence electrons. The van der Waals surface area contributed by atoms with Gasteiger partial charge in [0.2, 0.25) is 0 Å². The second kappa shape index (κ2) is 9.74. The van der Waals surface area contributed by atoms with Gasteiger partial charge >= 0.3 is 5.97 Å². The Balaban J connectivity index is 2.76. The number of nitrogens with one attached hydrogen (secondary N) is 1. The van der Waals surface area contributed by atoms with Crippen molar-refractivity contribution < 1.29 is 19.1 Å². The van der Waals surface area contributed by atoms with Crippen LogP contribution < -0.4 is 10.1 Å². The molecule has 0 aliphatic heterocycles. The fourth-order valence-corrected chi connectivity index (χ4v) is 2.96. The molecule has 7 heteroatoms. The first-order valence-electron chi connectivity index (χ1n) is 7.20. The van der Waals surface area contributed by atoms with E-state index in [4.69, 9.17) is 9.47 Å². The number of rotatable bonds is 9. The molecule has 0 aliphatic rings. The lowest BCUT2D eigenvalue weighted by molar-refractivity contribution is -0.149. The third kappa shape index (κ3) is 5.88. The van der Waals surface area contributed by atoms with Gasteiger partial charge in [-0.3, -0.25) is 4.79 Å². The lowest BCUT2D eigenvalue weighted by Crippen LogP contribution is -2.42. The molecule has 0 bridgehead atoms. The number of amides is 1. The summed E-state index contributed by atoms with van der Waals surface area (Å²) in [5.74, 6) is 0.615. The van der Waals surface area contributed by atoms with Crippen LogP contribution in [-0.4, -0.2) is 42.6 Å². The zero-order valence-electron chi connectivity index (χ0n) is 13.4. The van der Waals surface area contributed by atoms with Gasteiger partial charge in [-0.25, -0.2) is 4.79 Å². The first-order valence-corrected chi connectivity index (χ1v) is 9.47.